The van der Waals surface area contributed by atoms with Crippen LogP contribution < -0.4 is 10.2 Å². The highest BCUT2D eigenvalue weighted by Gasteiger charge is 2.09. The molecule has 0 bridgehead atoms. The second-order valence-electron chi connectivity index (χ2n) is 5.70. The lowest BCUT2D eigenvalue weighted by Crippen LogP contribution is -2.38. The SMILES string of the molecule is CN=C(NCc1csc(N(C)C)n1)N(C)Cc1ccccc1C.I. The van der Waals surface area contributed by atoms with Crippen molar-refractivity contribution in [3.05, 3.63) is 46.5 Å². The zero-order valence-electron chi connectivity index (χ0n) is 14.9. The van der Waals surface area contributed by atoms with Crippen molar-refractivity contribution >= 4 is 46.4 Å². The van der Waals surface area contributed by atoms with Crippen LogP contribution >= 0.6 is 35.3 Å². The van der Waals surface area contributed by atoms with Gasteiger partial charge in [0, 0.05) is 40.1 Å². The smallest absolute Gasteiger partial charge is 0.194 e. The Kier molecular flexibility index (Phi) is 8.47. The molecule has 1 aromatic carbocycles. The Bertz CT molecular complexity index is 669. The molecule has 24 heavy (non-hydrogen) atoms. The van der Waals surface area contributed by atoms with Gasteiger partial charge in [-0.3, -0.25) is 4.99 Å². The first-order chi connectivity index (χ1) is 11.0. The van der Waals surface area contributed by atoms with Crippen LogP contribution in [0.15, 0.2) is 34.6 Å². The van der Waals surface area contributed by atoms with Gasteiger partial charge in [-0.15, -0.1) is 35.3 Å². The van der Waals surface area contributed by atoms with Crippen LogP contribution in [0.4, 0.5) is 5.13 Å². The Hall–Kier alpha value is -1.35. The maximum absolute atomic E-state index is 4.58. The van der Waals surface area contributed by atoms with Crippen molar-refractivity contribution in [1.29, 1.82) is 0 Å². The Balaban J connectivity index is 0.00000288. The highest BCUT2D eigenvalue weighted by Crippen LogP contribution is 2.17. The molecule has 2 rings (SSSR count). The van der Waals surface area contributed by atoms with Crippen molar-refractivity contribution in [3.63, 3.8) is 0 Å². The molecule has 0 saturated heterocycles. The standard InChI is InChI=1S/C17H25N5S.HI/c1-13-8-6-7-9-14(13)11-22(5)16(18-2)19-10-15-12-23-17(20-15)21(3)4;/h6-9,12H,10-11H2,1-5H3,(H,18,19);1H. The third-order valence-electron chi connectivity index (χ3n) is 3.59. The van der Waals surface area contributed by atoms with Crippen molar-refractivity contribution in [2.24, 2.45) is 4.99 Å². The fraction of sp³-hybridized carbons (Fsp3) is 0.412. The minimum absolute atomic E-state index is 0. The van der Waals surface area contributed by atoms with Crippen LogP contribution in [0.5, 0.6) is 0 Å². The fourth-order valence-electron chi connectivity index (χ4n) is 2.26. The lowest BCUT2D eigenvalue weighted by Gasteiger charge is -2.22. The third-order valence-corrected chi connectivity index (χ3v) is 4.65. The van der Waals surface area contributed by atoms with Crippen LogP contribution in [-0.2, 0) is 13.1 Å². The Morgan fingerprint density at radius 3 is 2.54 bits per heavy atom. The van der Waals surface area contributed by atoms with Crippen LogP contribution in [0.3, 0.4) is 0 Å². The molecule has 0 spiro atoms. The molecule has 7 heteroatoms. The Labute approximate surface area is 165 Å². The first-order valence-electron chi connectivity index (χ1n) is 7.59. The number of guanidine groups is 1. The van der Waals surface area contributed by atoms with E-state index in [1.165, 1.54) is 11.1 Å². The monoisotopic (exact) mass is 459 g/mol. The lowest BCUT2D eigenvalue weighted by atomic mass is 10.1. The van der Waals surface area contributed by atoms with E-state index in [0.29, 0.717) is 6.54 Å². The quantitative estimate of drug-likeness (QED) is 0.423. The summed E-state index contributed by atoms with van der Waals surface area (Å²) >= 11 is 1.65. The summed E-state index contributed by atoms with van der Waals surface area (Å²) in [5.41, 5.74) is 3.63. The molecule has 5 nitrogen and oxygen atoms in total. The van der Waals surface area contributed by atoms with Crippen LogP contribution in [-0.4, -0.2) is 44.0 Å². The topological polar surface area (TPSA) is 43.8 Å². The maximum Gasteiger partial charge on any atom is 0.194 e. The van der Waals surface area contributed by atoms with E-state index >= 15 is 0 Å². The summed E-state index contributed by atoms with van der Waals surface area (Å²) < 4.78 is 0. The summed E-state index contributed by atoms with van der Waals surface area (Å²) in [7, 11) is 7.87. The fourth-order valence-corrected chi connectivity index (χ4v) is 3.01. The number of nitrogens with one attached hydrogen (secondary N) is 1. The normalized spacial score (nSPS) is 11.0. The van der Waals surface area contributed by atoms with Gasteiger partial charge in [-0.05, 0) is 18.1 Å². The molecular weight excluding hydrogens is 433 g/mol. The number of rotatable bonds is 5. The summed E-state index contributed by atoms with van der Waals surface area (Å²) in [4.78, 5) is 13.1. The number of aryl methyl sites for hydroxylation is 1. The van der Waals surface area contributed by atoms with Gasteiger partial charge < -0.3 is 15.1 Å². The van der Waals surface area contributed by atoms with Crippen molar-refractivity contribution in [1.82, 2.24) is 15.2 Å². The molecule has 0 radical (unpaired) electrons. The van der Waals surface area contributed by atoms with Crippen LogP contribution in [0, 0.1) is 6.92 Å². The zero-order valence-corrected chi connectivity index (χ0v) is 18.1. The minimum Gasteiger partial charge on any atom is -0.354 e. The van der Waals surface area contributed by atoms with Gasteiger partial charge in [0.15, 0.2) is 11.1 Å². The molecule has 0 fully saturated rings. The molecule has 132 valence electrons. The molecular formula is C17H26IN5S. The van der Waals surface area contributed by atoms with Crippen LogP contribution in [0.1, 0.15) is 16.8 Å². The van der Waals surface area contributed by atoms with E-state index in [2.05, 4.69) is 56.8 Å². The van der Waals surface area contributed by atoms with E-state index < -0.39 is 0 Å². The minimum atomic E-state index is 0. The number of thiazole rings is 1. The zero-order chi connectivity index (χ0) is 16.8. The summed E-state index contributed by atoms with van der Waals surface area (Å²) in [6, 6.07) is 8.43. The van der Waals surface area contributed by atoms with E-state index in [-0.39, 0.29) is 24.0 Å². The summed E-state index contributed by atoms with van der Waals surface area (Å²) in [6.45, 7) is 3.64. The van der Waals surface area contributed by atoms with Crippen molar-refractivity contribution < 1.29 is 0 Å². The van der Waals surface area contributed by atoms with Gasteiger partial charge >= 0.3 is 0 Å². The van der Waals surface area contributed by atoms with Crippen molar-refractivity contribution in [2.75, 3.05) is 33.1 Å². The number of anilines is 1. The molecule has 0 aliphatic rings. The first kappa shape index (κ1) is 20.7. The van der Waals surface area contributed by atoms with E-state index in [1.807, 2.05) is 33.1 Å². The Morgan fingerprint density at radius 1 is 1.25 bits per heavy atom. The molecule has 2 aromatic rings. The second-order valence-corrected chi connectivity index (χ2v) is 6.54. The predicted octanol–water partition coefficient (Wildman–Crippen LogP) is 3.34. The van der Waals surface area contributed by atoms with Gasteiger partial charge in [0.05, 0.1) is 12.2 Å². The molecule has 0 aliphatic carbocycles. The number of halogens is 1. The number of aromatic nitrogens is 1. The van der Waals surface area contributed by atoms with Gasteiger partial charge in [-0.1, -0.05) is 24.3 Å². The average molecular weight is 459 g/mol. The largest absolute Gasteiger partial charge is 0.354 e. The van der Waals surface area contributed by atoms with Gasteiger partial charge in [-0.2, -0.15) is 0 Å². The van der Waals surface area contributed by atoms with E-state index in [4.69, 9.17) is 0 Å². The number of hydrogen-bond donors (Lipinski definition) is 1. The number of hydrogen-bond acceptors (Lipinski definition) is 4. The average Bonchev–Trinajstić information content (AvgIpc) is 2.99. The summed E-state index contributed by atoms with van der Waals surface area (Å²) in [6.07, 6.45) is 0. The van der Waals surface area contributed by atoms with Crippen molar-refractivity contribution in [3.8, 4) is 0 Å². The van der Waals surface area contributed by atoms with Gasteiger partial charge in [0.2, 0.25) is 0 Å². The van der Waals surface area contributed by atoms with E-state index in [1.54, 1.807) is 11.3 Å². The van der Waals surface area contributed by atoms with Crippen molar-refractivity contribution in [2.45, 2.75) is 20.0 Å². The highest BCUT2D eigenvalue weighted by molar-refractivity contribution is 14.0. The van der Waals surface area contributed by atoms with E-state index in [0.717, 1.165) is 23.3 Å². The first-order valence-corrected chi connectivity index (χ1v) is 8.47. The molecule has 0 atom stereocenters. The molecule has 0 unspecified atom stereocenters. The highest BCUT2D eigenvalue weighted by atomic mass is 127. The lowest BCUT2D eigenvalue weighted by molar-refractivity contribution is 0.475. The third kappa shape index (κ3) is 5.62. The van der Waals surface area contributed by atoms with Gasteiger partial charge in [0.25, 0.3) is 0 Å². The molecule has 0 amide bonds. The summed E-state index contributed by atoms with van der Waals surface area (Å²) in [5.74, 6) is 0.868. The Morgan fingerprint density at radius 2 is 1.96 bits per heavy atom. The molecule has 0 aliphatic heterocycles. The number of aliphatic imine (C=N–C) groups is 1. The maximum atomic E-state index is 4.58. The number of nitrogens with zero attached hydrogens (tertiary/aromatic N) is 4. The predicted molar refractivity (Wildman–Crippen MR) is 115 cm³/mol. The summed E-state index contributed by atoms with van der Waals surface area (Å²) in [5, 5.41) is 6.48. The second kappa shape index (κ2) is 9.83. The van der Waals surface area contributed by atoms with Gasteiger partial charge in [0.1, 0.15) is 0 Å². The van der Waals surface area contributed by atoms with Crippen LogP contribution in [0.2, 0.25) is 0 Å². The number of benzene rings is 1. The molecule has 1 N–H and O–H groups in total. The molecule has 1 aromatic heterocycles. The van der Waals surface area contributed by atoms with E-state index in [9.17, 15) is 0 Å². The van der Waals surface area contributed by atoms with Gasteiger partial charge in [-0.25, -0.2) is 4.98 Å². The molecule has 1 heterocycles. The van der Waals surface area contributed by atoms with Crippen LogP contribution in [0.25, 0.3) is 0 Å². The molecule has 0 saturated carbocycles.